The van der Waals surface area contributed by atoms with Crippen molar-refractivity contribution in [3.8, 4) is 0 Å². The lowest BCUT2D eigenvalue weighted by molar-refractivity contribution is 0.502. The predicted octanol–water partition coefficient (Wildman–Crippen LogP) is 1.30. The van der Waals surface area contributed by atoms with Crippen LogP contribution in [0.25, 0.3) is 0 Å². The summed E-state index contributed by atoms with van der Waals surface area (Å²) in [6, 6.07) is 5.83. The van der Waals surface area contributed by atoms with Crippen molar-refractivity contribution in [1.29, 1.82) is 0 Å². The topological polar surface area (TPSA) is 43.4 Å². The summed E-state index contributed by atoms with van der Waals surface area (Å²) < 4.78 is 27.8. The van der Waals surface area contributed by atoms with Crippen LogP contribution >= 0.6 is 0 Å². The standard InChI is InChI=1S/C11H16O3SSi/c1-4-8-15(12,13)14-16-11-7-5-6-9(2)10(11)3/h5-7H,4,8H2,1-3H3. The Balaban J connectivity index is 2.72. The van der Waals surface area contributed by atoms with Gasteiger partial charge in [0.25, 0.3) is 19.9 Å². The Morgan fingerprint density at radius 1 is 1.31 bits per heavy atom. The van der Waals surface area contributed by atoms with Gasteiger partial charge in [0, 0.05) is 0 Å². The van der Waals surface area contributed by atoms with Crippen molar-refractivity contribution in [2.24, 2.45) is 0 Å². The summed E-state index contributed by atoms with van der Waals surface area (Å²) in [7, 11) is -3.47. The van der Waals surface area contributed by atoms with E-state index in [1.807, 2.05) is 39.0 Å². The van der Waals surface area contributed by atoms with Crippen molar-refractivity contribution in [3.63, 3.8) is 0 Å². The van der Waals surface area contributed by atoms with Crippen LogP contribution in [0.2, 0.25) is 0 Å². The van der Waals surface area contributed by atoms with Gasteiger partial charge in [-0.2, -0.15) is 0 Å². The lowest BCUT2D eigenvalue weighted by Gasteiger charge is -2.07. The van der Waals surface area contributed by atoms with Crippen LogP contribution in [-0.4, -0.2) is 23.9 Å². The van der Waals surface area contributed by atoms with Gasteiger partial charge in [0.15, 0.2) is 0 Å². The summed E-state index contributed by atoms with van der Waals surface area (Å²) >= 11 is 0. The van der Waals surface area contributed by atoms with Crippen LogP contribution in [0.1, 0.15) is 24.5 Å². The first-order valence-electron chi connectivity index (χ1n) is 5.19. The van der Waals surface area contributed by atoms with E-state index in [1.165, 1.54) is 0 Å². The molecule has 1 aromatic carbocycles. The first-order valence-corrected chi connectivity index (χ1v) is 7.68. The summed E-state index contributed by atoms with van der Waals surface area (Å²) in [4.78, 5) is 0. The Morgan fingerprint density at radius 3 is 2.62 bits per heavy atom. The third kappa shape index (κ3) is 3.73. The molecule has 0 heterocycles. The highest BCUT2D eigenvalue weighted by molar-refractivity contribution is 7.87. The molecule has 1 rings (SSSR count). The van der Waals surface area contributed by atoms with Gasteiger partial charge in [-0.25, -0.2) is 8.42 Å². The number of benzene rings is 1. The molecule has 88 valence electrons. The number of hydrogen-bond donors (Lipinski definition) is 0. The molecule has 0 amide bonds. The van der Waals surface area contributed by atoms with Gasteiger partial charge >= 0.3 is 0 Å². The maximum Gasteiger partial charge on any atom is 0.297 e. The molecule has 0 aliphatic rings. The van der Waals surface area contributed by atoms with Crippen molar-refractivity contribution in [2.75, 3.05) is 5.75 Å². The summed E-state index contributed by atoms with van der Waals surface area (Å²) in [5, 5.41) is 0.958. The molecule has 0 fully saturated rings. The minimum Gasteiger partial charge on any atom is -0.310 e. The van der Waals surface area contributed by atoms with E-state index in [1.54, 1.807) is 0 Å². The van der Waals surface area contributed by atoms with Gasteiger partial charge in [0.05, 0.1) is 5.75 Å². The molecule has 0 saturated carbocycles. The van der Waals surface area contributed by atoms with Gasteiger partial charge in [0.2, 0.25) is 0 Å². The second-order valence-corrected chi connectivity index (χ2v) is 6.63. The van der Waals surface area contributed by atoms with Crippen LogP contribution in [0.5, 0.6) is 0 Å². The lowest BCUT2D eigenvalue weighted by Crippen LogP contribution is -2.25. The molecule has 16 heavy (non-hydrogen) atoms. The fourth-order valence-electron chi connectivity index (χ4n) is 1.26. The van der Waals surface area contributed by atoms with Gasteiger partial charge in [-0.3, -0.25) is 0 Å². The fraction of sp³-hybridized carbons (Fsp3) is 0.455. The maximum atomic E-state index is 11.4. The Morgan fingerprint density at radius 2 is 2.00 bits per heavy atom. The van der Waals surface area contributed by atoms with E-state index in [-0.39, 0.29) is 15.5 Å². The van der Waals surface area contributed by atoms with Crippen molar-refractivity contribution in [2.45, 2.75) is 27.2 Å². The van der Waals surface area contributed by atoms with Crippen LogP contribution in [-0.2, 0) is 14.0 Å². The minimum atomic E-state index is -3.35. The van der Waals surface area contributed by atoms with E-state index in [4.69, 9.17) is 3.87 Å². The highest BCUT2D eigenvalue weighted by Crippen LogP contribution is 2.03. The van der Waals surface area contributed by atoms with Crippen molar-refractivity contribution >= 4 is 25.1 Å². The quantitative estimate of drug-likeness (QED) is 0.746. The number of rotatable bonds is 5. The van der Waals surface area contributed by atoms with E-state index in [0.717, 1.165) is 16.3 Å². The van der Waals surface area contributed by atoms with Crippen LogP contribution in [0.3, 0.4) is 0 Å². The predicted molar refractivity (Wildman–Crippen MR) is 66.5 cm³/mol. The normalized spacial score (nSPS) is 11.7. The van der Waals surface area contributed by atoms with Crippen LogP contribution in [0, 0.1) is 13.8 Å². The molecule has 0 aliphatic heterocycles. The molecule has 2 radical (unpaired) electrons. The van der Waals surface area contributed by atoms with Crippen LogP contribution < -0.4 is 5.19 Å². The van der Waals surface area contributed by atoms with Crippen molar-refractivity contribution in [1.82, 2.24) is 0 Å². The largest absolute Gasteiger partial charge is 0.310 e. The molecular formula is C11H16O3SSi. The Bertz CT molecular complexity index is 454. The molecule has 0 N–H and O–H groups in total. The summed E-state index contributed by atoms with van der Waals surface area (Å²) in [5.41, 5.74) is 2.26. The molecule has 0 aromatic heterocycles. The molecule has 0 aliphatic carbocycles. The SMILES string of the molecule is CCCS(=O)(=O)O[Si]c1cccc(C)c1C. The summed E-state index contributed by atoms with van der Waals surface area (Å²) in [6.07, 6.45) is 0.583. The third-order valence-electron chi connectivity index (χ3n) is 2.34. The summed E-state index contributed by atoms with van der Waals surface area (Å²) in [5.74, 6) is 0.0882. The zero-order chi connectivity index (χ0) is 12.2. The van der Waals surface area contributed by atoms with Crippen LogP contribution in [0.4, 0.5) is 0 Å². The average Bonchev–Trinajstić information content (AvgIpc) is 2.20. The average molecular weight is 256 g/mol. The van der Waals surface area contributed by atoms with Gasteiger partial charge in [-0.15, -0.1) is 0 Å². The van der Waals surface area contributed by atoms with E-state index >= 15 is 0 Å². The first-order chi connectivity index (χ1) is 7.46. The number of hydrogen-bond acceptors (Lipinski definition) is 3. The Kier molecular flexibility index (Phi) is 4.70. The molecule has 5 heteroatoms. The molecule has 1 aromatic rings. The minimum absolute atomic E-state index is 0.0882. The molecule has 0 unspecified atom stereocenters. The Labute approximate surface area is 99.9 Å². The van der Waals surface area contributed by atoms with E-state index in [2.05, 4.69) is 0 Å². The summed E-state index contributed by atoms with van der Waals surface area (Å²) in [6.45, 7) is 5.80. The zero-order valence-corrected chi connectivity index (χ0v) is 11.6. The molecular weight excluding hydrogens is 240 g/mol. The molecule has 0 saturated heterocycles. The van der Waals surface area contributed by atoms with Crippen LogP contribution in [0.15, 0.2) is 18.2 Å². The highest BCUT2D eigenvalue weighted by Gasteiger charge is 2.12. The first kappa shape index (κ1) is 13.4. The second-order valence-electron chi connectivity index (χ2n) is 3.69. The fourth-order valence-corrected chi connectivity index (χ4v) is 3.48. The van der Waals surface area contributed by atoms with Gasteiger partial charge in [-0.1, -0.05) is 25.1 Å². The third-order valence-corrected chi connectivity index (χ3v) is 5.36. The van der Waals surface area contributed by atoms with Gasteiger partial charge in [0.1, 0.15) is 0 Å². The molecule has 0 spiro atoms. The highest BCUT2D eigenvalue weighted by atomic mass is 32.2. The zero-order valence-electron chi connectivity index (χ0n) is 9.78. The van der Waals surface area contributed by atoms with E-state index in [9.17, 15) is 8.42 Å². The van der Waals surface area contributed by atoms with Gasteiger partial charge in [-0.05, 0) is 36.6 Å². The molecule has 0 bridgehead atoms. The molecule has 3 nitrogen and oxygen atoms in total. The monoisotopic (exact) mass is 256 g/mol. The van der Waals surface area contributed by atoms with E-state index in [0.29, 0.717) is 6.42 Å². The van der Waals surface area contributed by atoms with Gasteiger partial charge < -0.3 is 3.87 Å². The van der Waals surface area contributed by atoms with Crippen molar-refractivity contribution in [3.05, 3.63) is 29.3 Å². The van der Waals surface area contributed by atoms with Crippen molar-refractivity contribution < 1.29 is 12.3 Å². The Hall–Kier alpha value is -0.653. The smallest absolute Gasteiger partial charge is 0.297 e. The lowest BCUT2D eigenvalue weighted by atomic mass is 10.1. The maximum absolute atomic E-state index is 11.4. The number of aryl methyl sites for hydroxylation is 1. The van der Waals surface area contributed by atoms with E-state index < -0.39 is 10.1 Å². The second kappa shape index (κ2) is 5.61. The molecule has 0 atom stereocenters.